The van der Waals surface area contributed by atoms with E-state index >= 15 is 0 Å². The molecule has 0 saturated carbocycles. The summed E-state index contributed by atoms with van der Waals surface area (Å²) in [7, 11) is 1.67. The molecule has 1 atom stereocenters. The van der Waals surface area contributed by atoms with Crippen molar-refractivity contribution < 1.29 is 24.2 Å². The summed E-state index contributed by atoms with van der Waals surface area (Å²) in [5.41, 5.74) is 1.94. The quantitative estimate of drug-likeness (QED) is 0.482. The number of carbonyl (C=O) groups is 2. The molecule has 3 aromatic heterocycles. The van der Waals surface area contributed by atoms with Gasteiger partial charge >= 0.3 is 6.09 Å². The van der Waals surface area contributed by atoms with Crippen molar-refractivity contribution in [2.45, 2.75) is 19.4 Å². The number of methoxy groups -OCH3 is 1. The molecule has 1 aliphatic heterocycles. The van der Waals surface area contributed by atoms with Gasteiger partial charge in [0.25, 0.3) is 5.91 Å². The molecule has 1 fully saturated rings. The average molecular weight is 452 g/mol. The van der Waals surface area contributed by atoms with Crippen molar-refractivity contribution in [2.75, 3.05) is 20.2 Å². The van der Waals surface area contributed by atoms with Gasteiger partial charge in [0, 0.05) is 43.5 Å². The third-order valence-electron chi connectivity index (χ3n) is 5.73. The highest BCUT2D eigenvalue weighted by Gasteiger charge is 2.28. The first-order chi connectivity index (χ1) is 15.4. The van der Waals surface area contributed by atoms with Gasteiger partial charge in [0.2, 0.25) is 0 Å². The predicted octanol–water partition coefficient (Wildman–Crippen LogP) is 4.74. The number of thiophene rings is 1. The molecule has 1 amide bonds. The van der Waals surface area contributed by atoms with Crippen LogP contribution in [0.5, 0.6) is 11.5 Å². The number of nitrogens with zero attached hydrogens (tertiary/aromatic N) is 3. The Kier molecular flexibility index (Phi) is 5.07. The van der Waals surface area contributed by atoms with Gasteiger partial charge in [-0.1, -0.05) is 0 Å². The van der Waals surface area contributed by atoms with E-state index < -0.39 is 6.09 Å². The molecular formula is C23H21N3O5S. The first kappa shape index (κ1) is 20.5. The summed E-state index contributed by atoms with van der Waals surface area (Å²) in [5, 5.41) is 10.2. The fourth-order valence-corrected chi connectivity index (χ4v) is 5.17. The van der Waals surface area contributed by atoms with Gasteiger partial charge in [-0.15, -0.1) is 11.3 Å². The van der Waals surface area contributed by atoms with E-state index in [1.807, 2.05) is 17.0 Å². The summed E-state index contributed by atoms with van der Waals surface area (Å²) in [5.74, 6) is 1.16. The Hall–Kier alpha value is -3.43. The van der Waals surface area contributed by atoms with E-state index in [-0.39, 0.29) is 12.0 Å². The molecule has 1 aromatic carbocycles. The number of hydrogen-bond acceptors (Lipinski definition) is 6. The predicted molar refractivity (Wildman–Crippen MR) is 121 cm³/mol. The minimum atomic E-state index is -1.02. The summed E-state index contributed by atoms with van der Waals surface area (Å²) in [4.78, 5) is 31.3. The molecule has 164 valence electrons. The highest BCUT2D eigenvalue weighted by atomic mass is 32.1. The van der Waals surface area contributed by atoms with Gasteiger partial charge in [-0.3, -0.25) is 14.3 Å². The van der Waals surface area contributed by atoms with Crippen molar-refractivity contribution >= 4 is 44.5 Å². The van der Waals surface area contributed by atoms with Crippen LogP contribution in [-0.4, -0.2) is 57.9 Å². The number of rotatable bonds is 4. The maximum Gasteiger partial charge on any atom is 0.416 e. The van der Waals surface area contributed by atoms with E-state index in [1.54, 1.807) is 44.5 Å². The Morgan fingerprint density at radius 3 is 2.81 bits per heavy atom. The highest BCUT2D eigenvalue weighted by Crippen LogP contribution is 2.36. The zero-order valence-corrected chi connectivity index (χ0v) is 18.4. The zero-order chi connectivity index (χ0) is 22.4. The molecule has 4 heterocycles. The fraction of sp³-hybridized carbons (Fsp3) is 0.261. The molecule has 5 rings (SSSR count). The number of pyridine rings is 1. The third-order valence-corrected chi connectivity index (χ3v) is 6.86. The molecule has 4 aromatic rings. The zero-order valence-electron chi connectivity index (χ0n) is 17.6. The first-order valence-corrected chi connectivity index (χ1v) is 11.0. The van der Waals surface area contributed by atoms with Gasteiger partial charge in [-0.05, 0) is 43.7 Å². The van der Waals surface area contributed by atoms with Crippen LogP contribution in [0.15, 0.2) is 42.6 Å². The number of aryl methyl sites for hydroxylation is 1. The standard InChI is InChI=1S/C23H21N3O5S/c1-13-9-14-10-15(3-4-18(14)26(13)23(28)29)31-19-5-7-24-17-11-20(32-21(17)19)22(27)25-8-6-16(12-25)30-2/h3-5,7,9-11,16H,6,8,12H2,1-2H3,(H,28,29)/t16-/m0/s1. The monoisotopic (exact) mass is 451 g/mol. The molecule has 0 unspecified atom stereocenters. The smallest absolute Gasteiger partial charge is 0.416 e. The Balaban J connectivity index is 1.45. The Labute approximate surface area is 187 Å². The van der Waals surface area contributed by atoms with Gasteiger partial charge in [-0.2, -0.15) is 0 Å². The van der Waals surface area contributed by atoms with Crippen molar-refractivity contribution in [3.05, 3.63) is 53.2 Å². The third kappa shape index (κ3) is 3.49. The van der Waals surface area contributed by atoms with Crippen molar-refractivity contribution in [1.29, 1.82) is 0 Å². The Morgan fingerprint density at radius 2 is 2.06 bits per heavy atom. The molecule has 32 heavy (non-hydrogen) atoms. The topological polar surface area (TPSA) is 93.9 Å². The van der Waals surface area contributed by atoms with Crippen molar-refractivity contribution in [3.8, 4) is 11.5 Å². The number of benzene rings is 1. The van der Waals surface area contributed by atoms with Gasteiger partial charge in [0.15, 0.2) is 0 Å². The van der Waals surface area contributed by atoms with Crippen LogP contribution in [0.2, 0.25) is 0 Å². The number of likely N-dealkylation sites (tertiary alicyclic amines) is 1. The summed E-state index contributed by atoms with van der Waals surface area (Å²) < 4.78 is 13.5. The Morgan fingerprint density at radius 1 is 1.22 bits per heavy atom. The largest absolute Gasteiger partial charge is 0.464 e. The van der Waals surface area contributed by atoms with Crippen LogP contribution in [0.3, 0.4) is 0 Å². The number of fused-ring (bicyclic) bond motifs is 2. The number of ether oxygens (including phenoxy) is 2. The lowest BCUT2D eigenvalue weighted by molar-refractivity contribution is 0.0728. The van der Waals surface area contributed by atoms with E-state index in [0.717, 1.165) is 16.5 Å². The van der Waals surface area contributed by atoms with Crippen LogP contribution in [-0.2, 0) is 4.74 Å². The van der Waals surface area contributed by atoms with E-state index in [2.05, 4.69) is 4.98 Å². The van der Waals surface area contributed by atoms with Gasteiger partial charge < -0.3 is 19.5 Å². The Bertz CT molecular complexity index is 1360. The van der Waals surface area contributed by atoms with E-state index in [0.29, 0.717) is 46.2 Å². The number of aromatic nitrogens is 2. The van der Waals surface area contributed by atoms with Crippen LogP contribution in [0.4, 0.5) is 4.79 Å². The summed E-state index contributed by atoms with van der Waals surface area (Å²) in [6.45, 7) is 3.02. The fourth-order valence-electron chi connectivity index (χ4n) is 4.14. The lowest BCUT2D eigenvalue weighted by Gasteiger charge is -2.14. The first-order valence-electron chi connectivity index (χ1n) is 10.2. The van der Waals surface area contributed by atoms with E-state index in [1.165, 1.54) is 15.9 Å². The van der Waals surface area contributed by atoms with Crippen molar-refractivity contribution in [1.82, 2.24) is 14.5 Å². The minimum absolute atomic E-state index is 0.0228. The second kappa shape index (κ2) is 7.92. The molecule has 8 nitrogen and oxygen atoms in total. The lowest BCUT2D eigenvalue weighted by Crippen LogP contribution is -2.29. The number of carbonyl (C=O) groups excluding carboxylic acids is 1. The molecule has 0 bridgehead atoms. The van der Waals surface area contributed by atoms with Gasteiger partial charge in [0.05, 0.1) is 26.7 Å². The normalized spacial score (nSPS) is 16.2. The lowest BCUT2D eigenvalue weighted by atomic mass is 10.2. The maximum atomic E-state index is 12.9. The molecule has 1 N–H and O–H groups in total. The van der Waals surface area contributed by atoms with Crippen LogP contribution in [0.25, 0.3) is 21.1 Å². The molecule has 0 aliphatic carbocycles. The number of hydrogen-bond donors (Lipinski definition) is 1. The SMILES string of the molecule is CO[C@H]1CCN(C(=O)c2cc3nccc(Oc4ccc5c(c4)cc(C)n5C(=O)O)c3s2)C1. The minimum Gasteiger partial charge on any atom is -0.464 e. The second-order valence-corrected chi connectivity index (χ2v) is 8.81. The molecule has 0 radical (unpaired) electrons. The van der Waals surface area contributed by atoms with Crippen molar-refractivity contribution in [3.63, 3.8) is 0 Å². The van der Waals surface area contributed by atoms with Crippen LogP contribution < -0.4 is 4.74 Å². The number of amides is 1. The van der Waals surface area contributed by atoms with Gasteiger partial charge in [-0.25, -0.2) is 4.79 Å². The summed E-state index contributed by atoms with van der Waals surface area (Å²) in [6.07, 6.45) is 1.55. The number of carboxylic acid groups (broad SMARTS) is 1. The molecule has 9 heteroatoms. The van der Waals surface area contributed by atoms with Crippen LogP contribution in [0, 0.1) is 6.92 Å². The average Bonchev–Trinajstić information content (AvgIpc) is 3.49. The van der Waals surface area contributed by atoms with Gasteiger partial charge in [0.1, 0.15) is 11.5 Å². The van der Waals surface area contributed by atoms with Crippen LogP contribution >= 0.6 is 11.3 Å². The van der Waals surface area contributed by atoms with E-state index in [4.69, 9.17) is 9.47 Å². The molecular weight excluding hydrogens is 430 g/mol. The molecule has 0 spiro atoms. The van der Waals surface area contributed by atoms with Crippen LogP contribution in [0.1, 0.15) is 21.8 Å². The van der Waals surface area contributed by atoms with Crippen molar-refractivity contribution in [2.24, 2.45) is 0 Å². The molecule has 1 aliphatic rings. The molecule has 1 saturated heterocycles. The van der Waals surface area contributed by atoms with E-state index in [9.17, 15) is 14.7 Å². The highest BCUT2D eigenvalue weighted by molar-refractivity contribution is 7.21. The second-order valence-electron chi connectivity index (χ2n) is 7.76. The summed E-state index contributed by atoms with van der Waals surface area (Å²) >= 11 is 1.36. The summed E-state index contributed by atoms with van der Waals surface area (Å²) in [6, 6.07) is 10.7. The maximum absolute atomic E-state index is 12.9.